The Labute approximate surface area is 123 Å². The van der Waals surface area contributed by atoms with Gasteiger partial charge in [0.2, 0.25) is 0 Å². The van der Waals surface area contributed by atoms with Gasteiger partial charge in [0.1, 0.15) is 11.9 Å². The first-order valence-electron chi connectivity index (χ1n) is 7.44. The highest BCUT2D eigenvalue weighted by atomic mass is 79.9. The molecule has 0 N–H and O–H groups in total. The van der Waals surface area contributed by atoms with Crippen molar-refractivity contribution in [1.82, 2.24) is 4.90 Å². The van der Waals surface area contributed by atoms with Crippen LogP contribution < -0.4 is 4.74 Å². The van der Waals surface area contributed by atoms with Crippen LogP contribution in [-0.2, 0) is 6.42 Å². The number of ether oxygens (including phenoxy) is 1. The molecule has 3 aliphatic heterocycles. The van der Waals surface area contributed by atoms with E-state index in [1.54, 1.807) is 0 Å². The molecule has 2 saturated heterocycles. The Bertz CT molecular complexity index is 439. The summed E-state index contributed by atoms with van der Waals surface area (Å²) in [5.74, 6) is 1.11. The van der Waals surface area contributed by atoms with Gasteiger partial charge in [0.15, 0.2) is 0 Å². The average molecular weight is 322 g/mol. The molecule has 2 fully saturated rings. The topological polar surface area (TPSA) is 12.5 Å². The minimum atomic E-state index is 0.368. The van der Waals surface area contributed by atoms with E-state index in [1.165, 1.54) is 31.2 Å². The number of fused-ring (bicyclic) bond motifs is 3. The van der Waals surface area contributed by atoms with Crippen LogP contribution in [0.25, 0.3) is 0 Å². The highest BCUT2D eigenvalue weighted by Gasteiger charge is 2.41. The molecule has 0 aromatic heterocycles. The highest BCUT2D eigenvalue weighted by Crippen LogP contribution is 2.39. The number of rotatable bonds is 2. The van der Waals surface area contributed by atoms with E-state index in [2.05, 4.69) is 45.1 Å². The molecular weight excluding hydrogens is 302 g/mol. The molecule has 0 aliphatic carbocycles. The smallest absolute Gasteiger partial charge is 0.123 e. The number of halogens is 1. The second-order valence-electron chi connectivity index (χ2n) is 6.20. The summed E-state index contributed by atoms with van der Waals surface area (Å²) in [6.45, 7) is 1.11. The van der Waals surface area contributed by atoms with Crippen LogP contribution in [0.2, 0.25) is 0 Å². The maximum absolute atomic E-state index is 6.11. The Morgan fingerprint density at radius 1 is 1.16 bits per heavy atom. The minimum absolute atomic E-state index is 0.368. The van der Waals surface area contributed by atoms with Crippen LogP contribution in [0.1, 0.15) is 31.2 Å². The summed E-state index contributed by atoms with van der Waals surface area (Å²) in [5.41, 5.74) is 1.38. The molecule has 3 heterocycles. The first-order chi connectivity index (χ1) is 9.29. The number of alkyl halides is 1. The van der Waals surface area contributed by atoms with E-state index < -0.39 is 0 Å². The van der Waals surface area contributed by atoms with Gasteiger partial charge < -0.3 is 4.74 Å². The first-order valence-corrected chi connectivity index (χ1v) is 8.35. The van der Waals surface area contributed by atoms with Crippen molar-refractivity contribution in [3.63, 3.8) is 0 Å². The Hall–Kier alpha value is -0.540. The first kappa shape index (κ1) is 12.2. The van der Waals surface area contributed by atoms with Crippen molar-refractivity contribution in [2.75, 3.05) is 6.54 Å². The summed E-state index contributed by atoms with van der Waals surface area (Å²) in [6.07, 6.45) is 6.85. The van der Waals surface area contributed by atoms with Gasteiger partial charge in [-0.1, -0.05) is 34.1 Å². The van der Waals surface area contributed by atoms with Crippen LogP contribution >= 0.6 is 15.9 Å². The summed E-state index contributed by atoms with van der Waals surface area (Å²) in [5, 5.41) is 0. The largest absolute Gasteiger partial charge is 0.488 e. The molecule has 2 bridgehead atoms. The summed E-state index contributed by atoms with van der Waals surface area (Å²) >= 11 is 3.81. The standard InChI is InChI=1S/C16H20BrNO/c17-12-8-13-5-6-14(9-12)18(13)10-15-7-11-3-1-2-4-16(11)19-15/h1-4,12-15H,5-10H2. The van der Waals surface area contributed by atoms with Gasteiger partial charge in [0, 0.05) is 29.9 Å². The molecule has 3 atom stereocenters. The average Bonchev–Trinajstić information content (AvgIpc) is 2.90. The predicted octanol–water partition coefficient (Wildman–Crippen LogP) is 3.38. The van der Waals surface area contributed by atoms with Gasteiger partial charge in [-0.05, 0) is 37.3 Å². The van der Waals surface area contributed by atoms with Crippen molar-refractivity contribution in [2.45, 2.75) is 55.1 Å². The molecule has 4 rings (SSSR count). The van der Waals surface area contributed by atoms with Crippen molar-refractivity contribution >= 4 is 15.9 Å². The number of nitrogens with zero attached hydrogens (tertiary/aromatic N) is 1. The number of para-hydroxylation sites is 1. The molecule has 3 aliphatic rings. The molecule has 3 unspecified atom stereocenters. The quantitative estimate of drug-likeness (QED) is 0.774. The van der Waals surface area contributed by atoms with Gasteiger partial charge in [-0.25, -0.2) is 0 Å². The van der Waals surface area contributed by atoms with E-state index >= 15 is 0 Å². The molecule has 2 nitrogen and oxygen atoms in total. The van der Waals surface area contributed by atoms with E-state index in [0.717, 1.165) is 35.6 Å². The lowest BCUT2D eigenvalue weighted by Crippen LogP contribution is -2.47. The van der Waals surface area contributed by atoms with Crippen molar-refractivity contribution < 1.29 is 4.74 Å². The van der Waals surface area contributed by atoms with Crippen molar-refractivity contribution in [1.29, 1.82) is 0 Å². The highest BCUT2D eigenvalue weighted by molar-refractivity contribution is 9.09. The lowest BCUT2D eigenvalue weighted by atomic mass is 10.0. The van der Waals surface area contributed by atoms with E-state index in [1.807, 2.05) is 0 Å². The third-order valence-corrected chi connectivity index (χ3v) is 5.70. The van der Waals surface area contributed by atoms with Crippen LogP contribution in [-0.4, -0.2) is 34.5 Å². The fourth-order valence-corrected chi connectivity index (χ4v) is 4.96. The molecule has 1 aromatic carbocycles. The molecular formula is C16H20BrNO. The molecule has 3 heteroatoms. The maximum atomic E-state index is 6.11. The normalized spacial score (nSPS) is 37.1. The molecule has 19 heavy (non-hydrogen) atoms. The Kier molecular flexibility index (Phi) is 3.07. The summed E-state index contributed by atoms with van der Waals surface area (Å²) in [4.78, 5) is 3.47. The number of benzene rings is 1. The van der Waals surface area contributed by atoms with Gasteiger partial charge >= 0.3 is 0 Å². The minimum Gasteiger partial charge on any atom is -0.488 e. The lowest BCUT2D eigenvalue weighted by Gasteiger charge is -2.38. The van der Waals surface area contributed by atoms with Gasteiger partial charge in [0.25, 0.3) is 0 Å². The summed E-state index contributed by atoms with van der Waals surface area (Å²) in [7, 11) is 0. The molecule has 0 radical (unpaired) electrons. The molecule has 0 spiro atoms. The van der Waals surface area contributed by atoms with E-state index in [4.69, 9.17) is 4.74 Å². The van der Waals surface area contributed by atoms with E-state index in [9.17, 15) is 0 Å². The fourth-order valence-electron chi connectivity index (χ4n) is 4.10. The van der Waals surface area contributed by atoms with E-state index in [0.29, 0.717) is 6.10 Å². The zero-order chi connectivity index (χ0) is 12.8. The monoisotopic (exact) mass is 321 g/mol. The third-order valence-electron chi connectivity index (χ3n) is 4.96. The van der Waals surface area contributed by atoms with Gasteiger partial charge in [-0.15, -0.1) is 0 Å². The number of hydrogen-bond acceptors (Lipinski definition) is 2. The molecule has 0 amide bonds. The van der Waals surface area contributed by atoms with Crippen LogP contribution in [0, 0.1) is 0 Å². The van der Waals surface area contributed by atoms with Crippen LogP contribution in [0.4, 0.5) is 0 Å². The zero-order valence-electron chi connectivity index (χ0n) is 11.1. The van der Waals surface area contributed by atoms with Crippen molar-refractivity contribution in [3.05, 3.63) is 29.8 Å². The van der Waals surface area contributed by atoms with Crippen LogP contribution in [0.15, 0.2) is 24.3 Å². The van der Waals surface area contributed by atoms with Crippen LogP contribution in [0.5, 0.6) is 5.75 Å². The molecule has 102 valence electrons. The van der Waals surface area contributed by atoms with Gasteiger partial charge in [0.05, 0.1) is 0 Å². The molecule has 0 saturated carbocycles. The van der Waals surface area contributed by atoms with Gasteiger partial charge in [-0.3, -0.25) is 4.90 Å². The maximum Gasteiger partial charge on any atom is 0.123 e. The van der Waals surface area contributed by atoms with Crippen molar-refractivity contribution in [3.8, 4) is 5.75 Å². The number of piperidine rings is 1. The van der Waals surface area contributed by atoms with Gasteiger partial charge in [-0.2, -0.15) is 0 Å². The van der Waals surface area contributed by atoms with Crippen LogP contribution in [0.3, 0.4) is 0 Å². The Morgan fingerprint density at radius 3 is 2.63 bits per heavy atom. The fraction of sp³-hybridized carbons (Fsp3) is 0.625. The predicted molar refractivity (Wildman–Crippen MR) is 80.0 cm³/mol. The zero-order valence-corrected chi connectivity index (χ0v) is 12.7. The Balaban J connectivity index is 1.44. The number of hydrogen-bond donors (Lipinski definition) is 0. The molecule has 1 aromatic rings. The SMILES string of the molecule is BrC1CC2CCC(C1)N2CC1Cc2ccccc2O1. The second-order valence-corrected chi connectivity index (χ2v) is 7.50. The summed E-state index contributed by atoms with van der Waals surface area (Å²) < 4.78 is 6.11. The second kappa shape index (κ2) is 4.78. The Morgan fingerprint density at radius 2 is 1.89 bits per heavy atom. The third kappa shape index (κ3) is 2.21. The summed E-state index contributed by atoms with van der Waals surface area (Å²) in [6, 6.07) is 10.1. The lowest BCUT2D eigenvalue weighted by molar-refractivity contribution is 0.0871. The van der Waals surface area contributed by atoms with Crippen molar-refractivity contribution in [2.24, 2.45) is 0 Å². The van der Waals surface area contributed by atoms with E-state index in [-0.39, 0.29) is 0 Å².